The van der Waals surface area contributed by atoms with Crippen molar-refractivity contribution in [2.75, 3.05) is 18.0 Å². The minimum atomic E-state index is -3.15. The molecule has 126 valence electrons. The van der Waals surface area contributed by atoms with Gasteiger partial charge < -0.3 is 15.4 Å². The van der Waals surface area contributed by atoms with Crippen molar-refractivity contribution in [3.63, 3.8) is 0 Å². The fraction of sp³-hybridized carbons (Fsp3) is 0.500. The van der Waals surface area contributed by atoms with E-state index in [9.17, 15) is 23.7 Å². The van der Waals surface area contributed by atoms with E-state index in [4.69, 9.17) is 5.73 Å². The van der Waals surface area contributed by atoms with Gasteiger partial charge in [-0.15, -0.1) is 0 Å². The van der Waals surface area contributed by atoms with E-state index in [-0.39, 0.29) is 18.2 Å². The number of nitro benzene ring substituents is 1. The number of nitro groups is 1. The van der Waals surface area contributed by atoms with Crippen molar-refractivity contribution in [3.8, 4) is 5.75 Å². The number of benzene rings is 1. The van der Waals surface area contributed by atoms with Crippen LogP contribution in [0.1, 0.15) is 19.3 Å². The van der Waals surface area contributed by atoms with Crippen LogP contribution in [0.3, 0.4) is 0 Å². The normalized spacial score (nSPS) is 18.0. The average Bonchev–Trinajstić information content (AvgIpc) is 2.45. The maximum Gasteiger partial charge on any atom is 0.387 e. The molecule has 0 bridgehead atoms. The molecule has 1 unspecified atom stereocenters. The lowest BCUT2D eigenvalue weighted by Gasteiger charge is -2.34. The van der Waals surface area contributed by atoms with Gasteiger partial charge in [-0.05, 0) is 24.8 Å². The van der Waals surface area contributed by atoms with Crippen molar-refractivity contribution >= 4 is 17.3 Å². The number of piperidine rings is 1. The van der Waals surface area contributed by atoms with Gasteiger partial charge in [0.25, 0.3) is 0 Å². The largest absolute Gasteiger partial charge is 0.427 e. The first kappa shape index (κ1) is 16.9. The third-order valence-corrected chi connectivity index (χ3v) is 3.73. The highest BCUT2D eigenvalue weighted by Gasteiger charge is 2.25. The SMILES string of the molecule is NC(=O)CC1CCCN(c2ccc([N+](=O)[O-])c(OC(F)F)c2)C1. The molecule has 1 fully saturated rings. The number of ether oxygens (including phenoxy) is 1. The van der Waals surface area contributed by atoms with Crippen molar-refractivity contribution < 1.29 is 23.2 Å². The van der Waals surface area contributed by atoms with Crippen molar-refractivity contribution in [2.45, 2.75) is 25.9 Å². The lowest BCUT2D eigenvalue weighted by molar-refractivity contribution is -0.386. The first-order valence-corrected chi connectivity index (χ1v) is 7.13. The van der Waals surface area contributed by atoms with Gasteiger partial charge >= 0.3 is 12.3 Å². The van der Waals surface area contributed by atoms with E-state index in [1.54, 1.807) is 0 Å². The number of hydrogen-bond acceptors (Lipinski definition) is 5. The first-order chi connectivity index (χ1) is 10.9. The minimum Gasteiger partial charge on any atom is -0.427 e. The van der Waals surface area contributed by atoms with Crippen LogP contribution in [0.4, 0.5) is 20.2 Å². The highest BCUT2D eigenvalue weighted by molar-refractivity contribution is 5.74. The third-order valence-electron chi connectivity index (χ3n) is 3.73. The van der Waals surface area contributed by atoms with Gasteiger partial charge in [0.15, 0.2) is 0 Å². The molecule has 1 aliphatic rings. The Morgan fingerprint density at radius 1 is 1.52 bits per heavy atom. The summed E-state index contributed by atoms with van der Waals surface area (Å²) in [7, 11) is 0. The van der Waals surface area contributed by atoms with E-state index in [2.05, 4.69) is 4.74 Å². The number of hydrogen-bond donors (Lipinski definition) is 1. The van der Waals surface area contributed by atoms with Gasteiger partial charge in [-0.1, -0.05) is 0 Å². The molecular formula is C14H17F2N3O4. The maximum absolute atomic E-state index is 12.4. The molecule has 0 spiro atoms. The second kappa shape index (κ2) is 7.21. The van der Waals surface area contributed by atoms with Crippen LogP contribution < -0.4 is 15.4 Å². The van der Waals surface area contributed by atoms with Crippen LogP contribution in [0.5, 0.6) is 5.75 Å². The summed E-state index contributed by atoms with van der Waals surface area (Å²) in [6.45, 7) is -1.94. The Morgan fingerprint density at radius 2 is 2.26 bits per heavy atom. The van der Waals surface area contributed by atoms with Gasteiger partial charge in [0.1, 0.15) is 0 Å². The zero-order valence-corrected chi connectivity index (χ0v) is 12.3. The fourth-order valence-electron chi connectivity index (χ4n) is 2.79. The van der Waals surface area contributed by atoms with Crippen LogP contribution in [-0.4, -0.2) is 30.5 Å². The van der Waals surface area contributed by atoms with Crippen LogP contribution in [0.25, 0.3) is 0 Å². The molecule has 23 heavy (non-hydrogen) atoms. The van der Waals surface area contributed by atoms with Crippen molar-refractivity contribution in [1.29, 1.82) is 0 Å². The van der Waals surface area contributed by atoms with Crippen molar-refractivity contribution in [1.82, 2.24) is 0 Å². The number of carbonyl (C=O) groups is 1. The molecule has 1 saturated heterocycles. The molecule has 1 heterocycles. The van der Waals surface area contributed by atoms with Crippen LogP contribution in [0.2, 0.25) is 0 Å². The number of amides is 1. The van der Waals surface area contributed by atoms with E-state index in [1.807, 2.05) is 4.90 Å². The Bertz CT molecular complexity index is 597. The summed E-state index contributed by atoms with van der Waals surface area (Å²) in [5, 5.41) is 10.9. The summed E-state index contributed by atoms with van der Waals surface area (Å²) in [4.78, 5) is 23.0. The Hall–Kier alpha value is -2.45. The number of alkyl halides is 2. The van der Waals surface area contributed by atoms with Crippen molar-refractivity contribution in [2.24, 2.45) is 11.7 Å². The van der Waals surface area contributed by atoms with Gasteiger partial charge in [-0.3, -0.25) is 14.9 Å². The number of carbonyl (C=O) groups excluding carboxylic acids is 1. The summed E-state index contributed by atoms with van der Waals surface area (Å²) < 4.78 is 29.1. The monoisotopic (exact) mass is 329 g/mol. The maximum atomic E-state index is 12.4. The van der Waals surface area contributed by atoms with Crippen LogP contribution in [0, 0.1) is 16.0 Å². The van der Waals surface area contributed by atoms with E-state index in [0.717, 1.165) is 18.9 Å². The number of primary amides is 1. The van der Waals surface area contributed by atoms with Crippen LogP contribution in [0.15, 0.2) is 18.2 Å². The number of nitrogens with zero attached hydrogens (tertiary/aromatic N) is 2. The topological polar surface area (TPSA) is 98.7 Å². The molecule has 0 saturated carbocycles. The molecule has 1 aromatic carbocycles. The summed E-state index contributed by atoms with van der Waals surface area (Å²) in [5.74, 6) is -0.780. The molecule has 0 aliphatic carbocycles. The number of halogens is 2. The molecule has 0 aromatic heterocycles. The molecule has 0 radical (unpaired) electrons. The number of anilines is 1. The molecule has 2 rings (SSSR count). The molecule has 9 heteroatoms. The zero-order chi connectivity index (χ0) is 17.0. The molecule has 7 nitrogen and oxygen atoms in total. The quantitative estimate of drug-likeness (QED) is 0.638. The standard InChI is InChI=1S/C14H17F2N3O4/c15-14(16)23-12-7-10(3-4-11(12)19(21)22)18-5-1-2-9(8-18)6-13(17)20/h3-4,7,9,14H,1-2,5-6,8H2,(H2,17,20). The molecule has 2 N–H and O–H groups in total. The second-order valence-corrected chi connectivity index (χ2v) is 5.41. The molecule has 1 amide bonds. The predicted octanol–water partition coefficient (Wildman–Crippen LogP) is 2.29. The Kier molecular flexibility index (Phi) is 5.30. The summed E-state index contributed by atoms with van der Waals surface area (Å²) in [6, 6.07) is 3.87. The smallest absolute Gasteiger partial charge is 0.387 e. The zero-order valence-electron chi connectivity index (χ0n) is 12.3. The minimum absolute atomic E-state index is 0.0795. The average molecular weight is 329 g/mol. The Balaban J connectivity index is 2.21. The fourth-order valence-corrected chi connectivity index (χ4v) is 2.79. The molecule has 1 aromatic rings. The molecule has 1 aliphatic heterocycles. The highest BCUT2D eigenvalue weighted by Crippen LogP contribution is 2.34. The lowest BCUT2D eigenvalue weighted by Crippen LogP contribution is -2.37. The Morgan fingerprint density at radius 3 is 2.87 bits per heavy atom. The third kappa shape index (κ3) is 4.51. The van der Waals surface area contributed by atoms with Gasteiger partial charge in [0.05, 0.1) is 4.92 Å². The lowest BCUT2D eigenvalue weighted by atomic mass is 9.94. The summed E-state index contributed by atoms with van der Waals surface area (Å²) in [6.07, 6.45) is 1.93. The summed E-state index contributed by atoms with van der Waals surface area (Å²) >= 11 is 0. The van der Waals surface area contributed by atoms with Crippen molar-refractivity contribution in [3.05, 3.63) is 28.3 Å². The second-order valence-electron chi connectivity index (χ2n) is 5.41. The van der Waals surface area contributed by atoms with E-state index >= 15 is 0 Å². The van der Waals surface area contributed by atoms with Gasteiger partial charge in [-0.25, -0.2) is 0 Å². The number of rotatable bonds is 6. The van der Waals surface area contributed by atoms with Crippen LogP contribution in [-0.2, 0) is 4.79 Å². The molecule has 1 atom stereocenters. The van der Waals surface area contributed by atoms with Gasteiger partial charge in [0, 0.05) is 37.3 Å². The van der Waals surface area contributed by atoms with Gasteiger partial charge in [0.2, 0.25) is 11.7 Å². The summed E-state index contributed by atoms with van der Waals surface area (Å²) in [5.41, 5.74) is 5.23. The van der Waals surface area contributed by atoms with E-state index in [1.165, 1.54) is 12.1 Å². The predicted molar refractivity (Wildman–Crippen MR) is 78.5 cm³/mol. The molecular weight excluding hydrogens is 312 g/mol. The first-order valence-electron chi connectivity index (χ1n) is 7.13. The Labute approximate surface area is 131 Å². The van der Waals surface area contributed by atoms with Gasteiger partial charge in [-0.2, -0.15) is 8.78 Å². The van der Waals surface area contributed by atoms with Crippen LogP contribution >= 0.6 is 0 Å². The van der Waals surface area contributed by atoms with E-state index in [0.29, 0.717) is 18.8 Å². The highest BCUT2D eigenvalue weighted by atomic mass is 19.3. The van der Waals surface area contributed by atoms with E-state index < -0.39 is 23.0 Å². The number of nitrogens with two attached hydrogens (primary N) is 1.